The largest absolute Gasteiger partial charge is 0.478 e. The number of imide groups is 1. The molecule has 0 aromatic heterocycles. The van der Waals surface area contributed by atoms with Crippen LogP contribution in [0.2, 0.25) is 0 Å². The lowest BCUT2D eigenvalue weighted by Gasteiger charge is -2.28. The van der Waals surface area contributed by atoms with Gasteiger partial charge in [0.05, 0.1) is 23.1 Å². The van der Waals surface area contributed by atoms with Gasteiger partial charge in [0.1, 0.15) is 0 Å². The fourth-order valence-corrected chi connectivity index (χ4v) is 6.25. The van der Waals surface area contributed by atoms with E-state index in [0.29, 0.717) is 5.69 Å². The summed E-state index contributed by atoms with van der Waals surface area (Å²) in [5.41, 5.74) is 0.422. The van der Waals surface area contributed by atoms with Gasteiger partial charge in [0, 0.05) is 9.65 Å². The first-order valence-electron chi connectivity index (χ1n) is 7.41. The van der Waals surface area contributed by atoms with Crippen LogP contribution in [-0.4, -0.2) is 32.5 Å². The zero-order valence-corrected chi connectivity index (χ0v) is 15.0. The number of benzene rings is 1. The molecular weight excluding hydrogens is 430 g/mol. The van der Waals surface area contributed by atoms with E-state index in [1.807, 2.05) is 0 Å². The fourth-order valence-electron chi connectivity index (χ4n) is 4.38. The molecule has 2 bridgehead atoms. The number of alkyl halides is 2. The molecular formula is C16H13Br2NO4. The van der Waals surface area contributed by atoms with E-state index < -0.39 is 5.97 Å². The number of amides is 2. The summed E-state index contributed by atoms with van der Waals surface area (Å²) < 4.78 is 0. The minimum absolute atomic E-state index is 0.0693. The van der Waals surface area contributed by atoms with Crippen molar-refractivity contribution in [2.24, 2.45) is 23.7 Å². The molecule has 120 valence electrons. The number of carboxylic acid groups (broad SMARTS) is 1. The zero-order valence-electron chi connectivity index (χ0n) is 11.9. The molecule has 23 heavy (non-hydrogen) atoms. The number of nitrogens with zero attached hydrogens (tertiary/aromatic N) is 1. The molecule has 0 spiro atoms. The Kier molecular flexibility index (Phi) is 3.43. The number of hydrogen-bond acceptors (Lipinski definition) is 3. The molecule has 7 heteroatoms. The number of carboxylic acids is 1. The monoisotopic (exact) mass is 441 g/mol. The van der Waals surface area contributed by atoms with E-state index in [1.165, 1.54) is 17.0 Å². The molecule has 1 aliphatic heterocycles. The van der Waals surface area contributed by atoms with E-state index in [-0.39, 0.29) is 50.7 Å². The van der Waals surface area contributed by atoms with Crippen molar-refractivity contribution in [2.45, 2.75) is 16.1 Å². The number of carbonyl (C=O) groups is 3. The third-order valence-corrected chi connectivity index (χ3v) is 8.55. The minimum atomic E-state index is -1.08. The van der Waals surface area contributed by atoms with Gasteiger partial charge in [0.15, 0.2) is 0 Å². The molecule has 1 N–H and O–H groups in total. The zero-order chi connectivity index (χ0) is 16.5. The molecule has 1 aromatic carbocycles. The van der Waals surface area contributed by atoms with E-state index in [9.17, 15) is 14.4 Å². The third kappa shape index (κ3) is 1.99. The number of hydrogen-bond donors (Lipinski definition) is 1. The Hall–Kier alpha value is -1.21. The standard InChI is InChI=1S/C16H13Br2NO4/c17-12-8-5-9(13(12)18)11-10(8)14(20)19(15(11)21)7-3-1-2-6(4-7)16(22)23/h1-4,8-13H,5H2,(H,22,23)/t8-,9-,10-,11-,12-,13+/m0/s1. The van der Waals surface area contributed by atoms with Crippen LogP contribution in [-0.2, 0) is 9.59 Å². The summed E-state index contributed by atoms with van der Waals surface area (Å²) in [5, 5.41) is 9.11. The molecule has 2 amide bonds. The molecule has 2 aliphatic carbocycles. The van der Waals surface area contributed by atoms with Gasteiger partial charge in [-0.05, 0) is 36.5 Å². The van der Waals surface area contributed by atoms with Gasteiger partial charge in [-0.1, -0.05) is 37.9 Å². The lowest BCUT2D eigenvalue weighted by atomic mass is 9.81. The van der Waals surface area contributed by atoms with Crippen LogP contribution < -0.4 is 4.90 Å². The Morgan fingerprint density at radius 2 is 1.65 bits per heavy atom. The number of rotatable bonds is 2. The summed E-state index contributed by atoms with van der Waals surface area (Å²) in [6.45, 7) is 0. The smallest absolute Gasteiger partial charge is 0.335 e. The van der Waals surface area contributed by atoms with E-state index >= 15 is 0 Å². The van der Waals surface area contributed by atoms with Crippen molar-refractivity contribution < 1.29 is 19.5 Å². The predicted molar refractivity (Wildman–Crippen MR) is 89.9 cm³/mol. The molecule has 1 saturated heterocycles. The summed E-state index contributed by atoms with van der Waals surface area (Å²) in [7, 11) is 0. The lowest BCUT2D eigenvalue weighted by Crippen LogP contribution is -2.37. The van der Waals surface area contributed by atoms with Crippen LogP contribution in [0.15, 0.2) is 24.3 Å². The Labute approximate surface area is 149 Å². The van der Waals surface area contributed by atoms with Gasteiger partial charge in [-0.3, -0.25) is 14.5 Å². The van der Waals surface area contributed by atoms with Crippen LogP contribution in [0, 0.1) is 23.7 Å². The SMILES string of the molecule is O=C(O)c1cccc(N2C(=O)[C@H]3[C@@H]4C[C@H]([C@@H](Br)[C@H]4Br)[C@@H]3C2=O)c1. The number of halogens is 2. The van der Waals surface area contributed by atoms with Crippen molar-refractivity contribution in [3.63, 3.8) is 0 Å². The number of fused-ring (bicyclic) bond motifs is 5. The van der Waals surface area contributed by atoms with Crippen molar-refractivity contribution in [1.82, 2.24) is 0 Å². The Morgan fingerprint density at radius 1 is 1.09 bits per heavy atom. The van der Waals surface area contributed by atoms with Crippen LogP contribution in [0.4, 0.5) is 5.69 Å². The normalized spacial score (nSPS) is 38.3. The van der Waals surface area contributed by atoms with Crippen LogP contribution in [0.25, 0.3) is 0 Å². The summed E-state index contributed by atoms with van der Waals surface area (Å²) >= 11 is 7.29. The van der Waals surface area contributed by atoms with Crippen molar-refractivity contribution in [1.29, 1.82) is 0 Å². The van der Waals surface area contributed by atoms with Gasteiger partial charge in [-0.25, -0.2) is 4.79 Å². The summed E-state index contributed by atoms with van der Waals surface area (Å²) in [6.07, 6.45) is 0.877. The van der Waals surface area contributed by atoms with Gasteiger partial charge in [-0.2, -0.15) is 0 Å². The summed E-state index contributed by atoms with van der Waals surface area (Å²) in [5.74, 6) is -1.75. The molecule has 0 radical (unpaired) electrons. The first-order valence-corrected chi connectivity index (χ1v) is 9.24. The second-order valence-corrected chi connectivity index (χ2v) is 8.49. The van der Waals surface area contributed by atoms with Gasteiger partial charge < -0.3 is 5.11 Å². The number of anilines is 1. The molecule has 3 aliphatic rings. The summed E-state index contributed by atoms with van der Waals surface area (Å²) in [4.78, 5) is 38.4. The average Bonchev–Trinajstić information content (AvgIpc) is 3.12. The molecule has 0 unspecified atom stereocenters. The number of aromatic carboxylic acids is 1. The second-order valence-electron chi connectivity index (χ2n) is 6.37. The average molecular weight is 443 g/mol. The molecule has 1 aromatic rings. The molecule has 5 nitrogen and oxygen atoms in total. The van der Waals surface area contributed by atoms with Gasteiger partial charge in [0.2, 0.25) is 11.8 Å². The molecule has 6 atom stereocenters. The Bertz CT molecular complexity index is 705. The van der Waals surface area contributed by atoms with Gasteiger partial charge in [-0.15, -0.1) is 0 Å². The van der Waals surface area contributed by atoms with Crippen molar-refractivity contribution in [3.05, 3.63) is 29.8 Å². The van der Waals surface area contributed by atoms with E-state index in [0.717, 1.165) is 6.42 Å². The maximum atomic E-state index is 12.8. The highest BCUT2D eigenvalue weighted by atomic mass is 79.9. The van der Waals surface area contributed by atoms with Crippen LogP contribution >= 0.6 is 31.9 Å². The van der Waals surface area contributed by atoms with Gasteiger partial charge >= 0.3 is 5.97 Å². The van der Waals surface area contributed by atoms with Crippen molar-refractivity contribution in [2.75, 3.05) is 4.90 Å². The molecule has 1 heterocycles. The highest BCUT2D eigenvalue weighted by Crippen LogP contribution is 2.60. The maximum absolute atomic E-state index is 12.8. The first kappa shape index (κ1) is 15.3. The Balaban J connectivity index is 1.73. The topological polar surface area (TPSA) is 74.7 Å². The van der Waals surface area contributed by atoms with Crippen LogP contribution in [0.5, 0.6) is 0 Å². The quantitative estimate of drug-likeness (QED) is 0.564. The molecule has 4 rings (SSSR count). The lowest BCUT2D eigenvalue weighted by molar-refractivity contribution is -0.123. The highest BCUT2D eigenvalue weighted by molar-refractivity contribution is 9.12. The third-order valence-electron chi connectivity index (χ3n) is 5.34. The minimum Gasteiger partial charge on any atom is -0.478 e. The highest BCUT2D eigenvalue weighted by Gasteiger charge is 2.66. The van der Waals surface area contributed by atoms with Crippen molar-refractivity contribution >= 4 is 55.3 Å². The summed E-state index contributed by atoms with van der Waals surface area (Å²) in [6, 6.07) is 6.01. The van der Waals surface area contributed by atoms with Crippen LogP contribution in [0.3, 0.4) is 0 Å². The van der Waals surface area contributed by atoms with E-state index in [4.69, 9.17) is 5.11 Å². The van der Waals surface area contributed by atoms with Crippen LogP contribution in [0.1, 0.15) is 16.8 Å². The van der Waals surface area contributed by atoms with Crippen molar-refractivity contribution in [3.8, 4) is 0 Å². The fraction of sp³-hybridized carbons (Fsp3) is 0.438. The molecule has 3 fully saturated rings. The Morgan fingerprint density at radius 3 is 2.17 bits per heavy atom. The second kappa shape index (κ2) is 5.14. The van der Waals surface area contributed by atoms with Gasteiger partial charge in [0.25, 0.3) is 0 Å². The maximum Gasteiger partial charge on any atom is 0.335 e. The van der Waals surface area contributed by atoms with E-state index in [1.54, 1.807) is 12.1 Å². The predicted octanol–water partition coefficient (Wildman–Crippen LogP) is 2.67. The van der Waals surface area contributed by atoms with E-state index in [2.05, 4.69) is 31.9 Å². The number of carbonyl (C=O) groups excluding carboxylic acids is 2. The first-order chi connectivity index (χ1) is 10.9. The molecule has 2 saturated carbocycles.